The smallest absolute Gasteiger partial charge is 0.435 e. The number of pyridine rings is 1. The maximum Gasteiger partial charge on any atom is 0.501 e. The number of aromatic nitrogens is 4. The highest BCUT2D eigenvalue weighted by Gasteiger charge is 2.47. The van der Waals surface area contributed by atoms with Crippen molar-refractivity contribution in [2.75, 3.05) is 5.75 Å². The summed E-state index contributed by atoms with van der Waals surface area (Å²) in [5, 5.41) is 0. The first-order chi connectivity index (χ1) is 15.2. The van der Waals surface area contributed by atoms with Crippen molar-refractivity contribution in [3.05, 3.63) is 34.7 Å². The molecule has 10 nitrogen and oxygen atoms in total. The molecule has 3 aromatic heterocycles. The Morgan fingerprint density at radius 1 is 1.03 bits per heavy atom. The average Bonchev–Trinajstić information content (AvgIpc) is 3.26. The number of sulfone groups is 2. The maximum absolute atomic E-state index is 12.9. The summed E-state index contributed by atoms with van der Waals surface area (Å²) in [5.41, 5.74) is -6.23. The minimum absolute atomic E-state index is 0.0881. The minimum Gasteiger partial charge on any atom is -0.435 e. The van der Waals surface area contributed by atoms with Crippen molar-refractivity contribution in [2.24, 2.45) is 14.1 Å². The summed E-state index contributed by atoms with van der Waals surface area (Å²) in [6.07, 6.45) is 0. The van der Waals surface area contributed by atoms with Crippen LogP contribution in [0.4, 0.5) is 13.2 Å². The normalized spacial score (nSPS) is 13.3. The van der Waals surface area contributed by atoms with Gasteiger partial charge in [0.25, 0.3) is 9.84 Å². The van der Waals surface area contributed by atoms with Gasteiger partial charge in [0.2, 0.25) is 5.89 Å². The van der Waals surface area contributed by atoms with Gasteiger partial charge in [-0.2, -0.15) is 13.2 Å². The van der Waals surface area contributed by atoms with E-state index in [1.165, 1.54) is 36.2 Å². The molecule has 0 bridgehead atoms. The second-order valence-electron chi connectivity index (χ2n) is 7.08. The number of hydrogen-bond donors (Lipinski definition) is 0. The van der Waals surface area contributed by atoms with Crippen LogP contribution in [0.2, 0.25) is 0 Å². The van der Waals surface area contributed by atoms with Gasteiger partial charge in [0.05, 0.1) is 16.2 Å². The molecule has 0 aliphatic heterocycles. The van der Waals surface area contributed by atoms with Gasteiger partial charge < -0.3 is 4.42 Å². The van der Waals surface area contributed by atoms with Crippen molar-refractivity contribution in [3.63, 3.8) is 0 Å². The van der Waals surface area contributed by atoms with Gasteiger partial charge in [0.15, 0.2) is 21.1 Å². The molecule has 0 amide bonds. The van der Waals surface area contributed by atoms with Gasteiger partial charge in [-0.3, -0.25) is 9.13 Å². The number of benzene rings is 1. The van der Waals surface area contributed by atoms with E-state index < -0.39 is 35.8 Å². The average molecular weight is 504 g/mol. The van der Waals surface area contributed by atoms with E-state index in [9.17, 15) is 34.8 Å². The highest BCUT2D eigenvalue weighted by atomic mass is 32.2. The minimum atomic E-state index is -5.63. The molecule has 0 radical (unpaired) electrons. The van der Waals surface area contributed by atoms with Crippen LogP contribution >= 0.6 is 0 Å². The lowest BCUT2D eigenvalue weighted by molar-refractivity contribution is -0.0435. The number of nitrogens with zero attached hydrogens (tertiary/aromatic N) is 4. The first-order valence-electron chi connectivity index (χ1n) is 9.20. The number of alkyl halides is 3. The van der Waals surface area contributed by atoms with E-state index in [0.29, 0.717) is 12.1 Å². The van der Waals surface area contributed by atoms with Gasteiger partial charge >= 0.3 is 11.2 Å². The molecule has 33 heavy (non-hydrogen) atoms. The summed E-state index contributed by atoms with van der Waals surface area (Å²) in [4.78, 5) is 19.2. The molecule has 0 unspecified atom stereocenters. The monoisotopic (exact) mass is 504 g/mol. The Labute approximate surface area is 184 Å². The SMILES string of the molecule is CCS(=O)(=O)c1cc2c(nc1-c1nc3cc(S(=O)(=O)C(F)(F)F)ccc3o1)n(C)c(=O)n2C. The molecular weight excluding hydrogens is 489 g/mol. The third kappa shape index (κ3) is 3.42. The van der Waals surface area contributed by atoms with E-state index in [-0.39, 0.29) is 44.5 Å². The van der Waals surface area contributed by atoms with Crippen molar-refractivity contribution in [1.29, 1.82) is 0 Å². The van der Waals surface area contributed by atoms with Crippen LogP contribution in [-0.4, -0.2) is 47.2 Å². The second-order valence-corrected chi connectivity index (χ2v) is 11.3. The molecular formula is C18H15F3N4O6S2. The Balaban J connectivity index is 2.02. The summed E-state index contributed by atoms with van der Waals surface area (Å²) in [7, 11) is -6.67. The maximum atomic E-state index is 12.9. The summed E-state index contributed by atoms with van der Waals surface area (Å²) in [6.45, 7) is 1.40. The van der Waals surface area contributed by atoms with E-state index in [0.717, 1.165) is 6.07 Å². The van der Waals surface area contributed by atoms with Crippen molar-refractivity contribution in [1.82, 2.24) is 19.1 Å². The van der Waals surface area contributed by atoms with Crippen LogP contribution in [0.15, 0.2) is 43.3 Å². The zero-order valence-electron chi connectivity index (χ0n) is 17.2. The third-order valence-electron chi connectivity index (χ3n) is 5.09. The molecule has 0 saturated carbocycles. The van der Waals surface area contributed by atoms with Crippen LogP contribution in [0.5, 0.6) is 0 Å². The van der Waals surface area contributed by atoms with E-state index in [1.54, 1.807) is 0 Å². The van der Waals surface area contributed by atoms with Gasteiger partial charge in [-0.15, -0.1) is 0 Å². The van der Waals surface area contributed by atoms with E-state index in [1.807, 2.05) is 0 Å². The first-order valence-corrected chi connectivity index (χ1v) is 12.3. The van der Waals surface area contributed by atoms with Crippen LogP contribution in [0, 0.1) is 0 Å². The van der Waals surface area contributed by atoms with Crippen LogP contribution in [-0.2, 0) is 33.8 Å². The molecule has 0 spiro atoms. The molecule has 176 valence electrons. The number of imidazole rings is 1. The summed E-state index contributed by atoms with van der Waals surface area (Å²) < 4.78 is 95.5. The van der Waals surface area contributed by atoms with Crippen LogP contribution in [0.1, 0.15) is 6.92 Å². The highest BCUT2D eigenvalue weighted by Crippen LogP contribution is 2.34. The van der Waals surface area contributed by atoms with Gasteiger partial charge in [-0.1, -0.05) is 6.92 Å². The molecule has 0 aliphatic rings. The lowest BCUT2D eigenvalue weighted by Crippen LogP contribution is -2.23. The molecule has 0 N–H and O–H groups in total. The zero-order chi connectivity index (χ0) is 24.5. The topological polar surface area (TPSA) is 134 Å². The van der Waals surface area contributed by atoms with E-state index in [2.05, 4.69) is 9.97 Å². The number of halogens is 3. The van der Waals surface area contributed by atoms with Crippen LogP contribution in [0.3, 0.4) is 0 Å². The van der Waals surface area contributed by atoms with Crippen LogP contribution < -0.4 is 5.69 Å². The third-order valence-corrected chi connectivity index (χ3v) is 8.32. The standard InChI is InChI=1S/C18H15F3N4O6S2/c1-4-32(27,28)13-8-11-15(25(3)17(26)24(11)2)23-14(13)16-22-10-7-9(5-6-12(10)31-16)33(29,30)18(19,20)21/h5-8H,4H2,1-3H3. The fraction of sp³-hybridized carbons (Fsp3) is 0.278. The molecule has 4 aromatic rings. The number of oxazole rings is 1. The lowest BCUT2D eigenvalue weighted by Gasteiger charge is -2.07. The van der Waals surface area contributed by atoms with Gasteiger partial charge in [-0.25, -0.2) is 31.6 Å². The molecule has 0 atom stereocenters. The molecule has 4 rings (SSSR count). The van der Waals surface area contributed by atoms with Gasteiger partial charge in [0.1, 0.15) is 16.1 Å². The van der Waals surface area contributed by atoms with Crippen molar-refractivity contribution < 1.29 is 34.4 Å². The predicted octanol–water partition coefficient (Wildman–Crippen LogP) is 2.17. The molecule has 0 fully saturated rings. The summed E-state index contributed by atoms with van der Waals surface area (Å²) >= 11 is 0. The molecule has 15 heteroatoms. The van der Waals surface area contributed by atoms with E-state index >= 15 is 0 Å². The fourth-order valence-corrected chi connectivity index (χ4v) is 5.05. The van der Waals surface area contributed by atoms with Crippen molar-refractivity contribution in [3.8, 4) is 11.6 Å². The second kappa shape index (κ2) is 7.15. The number of aryl methyl sites for hydroxylation is 2. The summed E-state index contributed by atoms with van der Waals surface area (Å²) in [6, 6.07) is 3.61. The molecule has 0 aliphatic carbocycles. The Kier molecular flexibility index (Phi) is 4.98. The Bertz CT molecular complexity index is 1710. The lowest BCUT2D eigenvalue weighted by atomic mass is 10.3. The molecule has 3 heterocycles. The Morgan fingerprint density at radius 2 is 1.70 bits per heavy atom. The van der Waals surface area contributed by atoms with Crippen molar-refractivity contribution in [2.45, 2.75) is 22.2 Å². The Hall–Kier alpha value is -3.20. The quantitative estimate of drug-likeness (QED) is 0.413. The number of rotatable bonds is 4. The summed E-state index contributed by atoms with van der Waals surface area (Å²) in [5.74, 6) is -0.681. The van der Waals surface area contributed by atoms with Crippen molar-refractivity contribution >= 4 is 41.9 Å². The highest BCUT2D eigenvalue weighted by molar-refractivity contribution is 7.92. The zero-order valence-corrected chi connectivity index (χ0v) is 18.8. The molecule has 0 saturated heterocycles. The fourth-order valence-electron chi connectivity index (χ4n) is 3.24. The van der Waals surface area contributed by atoms with Gasteiger partial charge in [-0.05, 0) is 24.3 Å². The van der Waals surface area contributed by atoms with E-state index in [4.69, 9.17) is 4.42 Å². The number of fused-ring (bicyclic) bond motifs is 2. The predicted molar refractivity (Wildman–Crippen MR) is 110 cm³/mol. The largest absolute Gasteiger partial charge is 0.501 e. The molecule has 1 aromatic carbocycles. The first kappa shape index (κ1) is 23.0. The number of hydrogen-bond acceptors (Lipinski definition) is 8. The van der Waals surface area contributed by atoms with Crippen LogP contribution in [0.25, 0.3) is 33.8 Å². The van der Waals surface area contributed by atoms with Gasteiger partial charge in [0, 0.05) is 14.1 Å². The Morgan fingerprint density at radius 3 is 2.30 bits per heavy atom.